The molecule has 0 saturated heterocycles. The molecule has 21 heavy (non-hydrogen) atoms. The van der Waals surface area contributed by atoms with Gasteiger partial charge in [0.2, 0.25) is 0 Å². The van der Waals surface area contributed by atoms with Crippen LogP contribution in [0.4, 0.5) is 10.5 Å². The van der Waals surface area contributed by atoms with Crippen LogP contribution in [0.3, 0.4) is 0 Å². The van der Waals surface area contributed by atoms with Gasteiger partial charge in [0, 0.05) is 23.2 Å². The van der Waals surface area contributed by atoms with Gasteiger partial charge in [-0.15, -0.1) is 11.3 Å². The fourth-order valence-electron chi connectivity index (χ4n) is 1.84. The predicted molar refractivity (Wildman–Crippen MR) is 84.6 cm³/mol. The number of anilines is 1. The van der Waals surface area contributed by atoms with Crippen LogP contribution in [0.1, 0.15) is 4.88 Å². The van der Waals surface area contributed by atoms with E-state index in [-0.39, 0.29) is 6.03 Å². The minimum atomic E-state index is -0.237. The summed E-state index contributed by atoms with van der Waals surface area (Å²) in [5.41, 5.74) is 0.654. The molecular weight excluding hydrogens is 288 g/mol. The van der Waals surface area contributed by atoms with Crippen molar-refractivity contribution in [3.8, 4) is 11.5 Å². The summed E-state index contributed by atoms with van der Waals surface area (Å²) in [5, 5.41) is 7.61. The molecule has 0 aliphatic carbocycles. The first-order valence-electron chi connectivity index (χ1n) is 6.52. The number of benzene rings is 1. The zero-order valence-electron chi connectivity index (χ0n) is 12.0. The molecule has 0 spiro atoms. The van der Waals surface area contributed by atoms with Crippen LogP contribution in [0, 0.1) is 0 Å². The minimum Gasteiger partial charge on any atom is -0.493 e. The van der Waals surface area contributed by atoms with Crippen molar-refractivity contribution in [1.29, 1.82) is 0 Å². The number of urea groups is 1. The SMILES string of the molecule is COc1ccc(NC(=O)NCCc2cccs2)cc1OC. The third-order valence-corrected chi connectivity index (χ3v) is 3.81. The zero-order valence-corrected chi connectivity index (χ0v) is 12.8. The average Bonchev–Trinajstić information content (AvgIpc) is 3.00. The summed E-state index contributed by atoms with van der Waals surface area (Å²) in [7, 11) is 3.13. The fourth-order valence-corrected chi connectivity index (χ4v) is 2.55. The van der Waals surface area contributed by atoms with Crippen LogP contribution in [0.5, 0.6) is 11.5 Å². The molecule has 2 aromatic rings. The van der Waals surface area contributed by atoms with Gasteiger partial charge in [-0.05, 0) is 30.0 Å². The van der Waals surface area contributed by atoms with Crippen molar-refractivity contribution < 1.29 is 14.3 Å². The number of hydrogen-bond acceptors (Lipinski definition) is 4. The Morgan fingerprint density at radius 1 is 1.19 bits per heavy atom. The minimum absolute atomic E-state index is 0.237. The van der Waals surface area contributed by atoms with E-state index in [1.807, 2.05) is 11.4 Å². The van der Waals surface area contributed by atoms with Crippen molar-refractivity contribution in [3.05, 3.63) is 40.6 Å². The smallest absolute Gasteiger partial charge is 0.319 e. The van der Waals surface area contributed by atoms with E-state index in [9.17, 15) is 4.79 Å². The molecular formula is C15H18N2O3S. The van der Waals surface area contributed by atoms with E-state index in [4.69, 9.17) is 9.47 Å². The quantitative estimate of drug-likeness (QED) is 0.862. The highest BCUT2D eigenvalue weighted by atomic mass is 32.1. The molecule has 1 heterocycles. The topological polar surface area (TPSA) is 59.6 Å². The number of methoxy groups -OCH3 is 2. The maximum absolute atomic E-state index is 11.8. The molecule has 0 aliphatic heterocycles. The molecule has 0 radical (unpaired) electrons. The molecule has 1 aromatic heterocycles. The highest BCUT2D eigenvalue weighted by Crippen LogP contribution is 2.29. The lowest BCUT2D eigenvalue weighted by Crippen LogP contribution is -2.30. The third kappa shape index (κ3) is 4.39. The lowest BCUT2D eigenvalue weighted by Gasteiger charge is -2.11. The van der Waals surface area contributed by atoms with E-state index in [0.717, 1.165) is 6.42 Å². The summed E-state index contributed by atoms with van der Waals surface area (Å²) in [5.74, 6) is 1.20. The Hall–Kier alpha value is -2.21. The summed E-state index contributed by atoms with van der Waals surface area (Å²) in [6, 6.07) is 9.05. The first kappa shape index (κ1) is 15.2. The Balaban J connectivity index is 1.84. The number of carbonyl (C=O) groups excluding carboxylic acids is 1. The fraction of sp³-hybridized carbons (Fsp3) is 0.267. The summed E-state index contributed by atoms with van der Waals surface area (Å²) in [6.45, 7) is 0.597. The Labute approximate surface area is 127 Å². The Kier molecular flexibility index (Phi) is 5.45. The van der Waals surface area contributed by atoms with Gasteiger partial charge in [-0.1, -0.05) is 6.07 Å². The van der Waals surface area contributed by atoms with Gasteiger partial charge >= 0.3 is 6.03 Å². The summed E-state index contributed by atoms with van der Waals surface area (Å²) < 4.78 is 10.3. The van der Waals surface area contributed by atoms with Gasteiger partial charge in [0.25, 0.3) is 0 Å². The Morgan fingerprint density at radius 3 is 2.67 bits per heavy atom. The molecule has 6 heteroatoms. The predicted octanol–water partition coefficient (Wildman–Crippen LogP) is 3.13. The number of rotatable bonds is 6. The van der Waals surface area contributed by atoms with E-state index in [0.29, 0.717) is 23.7 Å². The number of hydrogen-bond donors (Lipinski definition) is 2. The molecule has 0 saturated carbocycles. The van der Waals surface area contributed by atoms with E-state index in [1.165, 1.54) is 4.88 Å². The second kappa shape index (κ2) is 7.54. The van der Waals surface area contributed by atoms with Crippen molar-refractivity contribution in [2.75, 3.05) is 26.1 Å². The van der Waals surface area contributed by atoms with Gasteiger partial charge in [-0.3, -0.25) is 0 Å². The number of carbonyl (C=O) groups is 1. The standard InChI is InChI=1S/C15H18N2O3S/c1-19-13-6-5-11(10-14(13)20-2)17-15(18)16-8-7-12-4-3-9-21-12/h3-6,9-10H,7-8H2,1-2H3,(H2,16,17,18). The normalized spacial score (nSPS) is 10.0. The molecule has 0 fully saturated rings. The number of thiophene rings is 1. The number of amides is 2. The molecule has 5 nitrogen and oxygen atoms in total. The van der Waals surface area contributed by atoms with Gasteiger partial charge in [-0.2, -0.15) is 0 Å². The summed E-state index contributed by atoms with van der Waals surface area (Å²) in [6.07, 6.45) is 0.830. The van der Waals surface area contributed by atoms with Crippen LogP contribution >= 0.6 is 11.3 Å². The van der Waals surface area contributed by atoms with Gasteiger partial charge in [0.05, 0.1) is 14.2 Å². The maximum Gasteiger partial charge on any atom is 0.319 e. The van der Waals surface area contributed by atoms with Crippen molar-refractivity contribution in [1.82, 2.24) is 5.32 Å². The monoisotopic (exact) mass is 306 g/mol. The Morgan fingerprint density at radius 2 is 2.00 bits per heavy atom. The first-order valence-corrected chi connectivity index (χ1v) is 7.40. The van der Waals surface area contributed by atoms with Gasteiger partial charge in [0.1, 0.15) is 0 Å². The molecule has 0 unspecified atom stereocenters. The Bertz CT molecular complexity index is 585. The molecule has 0 atom stereocenters. The van der Waals surface area contributed by atoms with E-state index >= 15 is 0 Å². The van der Waals surface area contributed by atoms with E-state index in [1.54, 1.807) is 43.8 Å². The molecule has 2 N–H and O–H groups in total. The zero-order chi connectivity index (χ0) is 15.1. The molecule has 112 valence electrons. The molecule has 0 aliphatic rings. The average molecular weight is 306 g/mol. The van der Waals surface area contributed by atoms with Crippen LogP contribution in [0.15, 0.2) is 35.7 Å². The molecule has 2 amide bonds. The van der Waals surface area contributed by atoms with Gasteiger partial charge < -0.3 is 20.1 Å². The summed E-state index contributed by atoms with van der Waals surface area (Å²) in [4.78, 5) is 13.1. The number of ether oxygens (including phenoxy) is 2. The van der Waals surface area contributed by atoms with E-state index in [2.05, 4.69) is 16.7 Å². The molecule has 1 aromatic carbocycles. The summed E-state index contributed by atoms with van der Waals surface area (Å²) >= 11 is 1.69. The largest absolute Gasteiger partial charge is 0.493 e. The lowest BCUT2D eigenvalue weighted by atomic mass is 10.3. The first-order chi connectivity index (χ1) is 10.2. The van der Waals surface area contributed by atoms with Crippen LogP contribution in [-0.2, 0) is 6.42 Å². The highest BCUT2D eigenvalue weighted by Gasteiger charge is 2.07. The van der Waals surface area contributed by atoms with Crippen molar-refractivity contribution in [2.24, 2.45) is 0 Å². The van der Waals surface area contributed by atoms with Crippen LogP contribution in [0.2, 0.25) is 0 Å². The van der Waals surface area contributed by atoms with Crippen LogP contribution < -0.4 is 20.1 Å². The molecule has 0 bridgehead atoms. The van der Waals surface area contributed by atoms with Gasteiger partial charge in [-0.25, -0.2) is 4.79 Å². The molecule has 2 rings (SSSR count). The van der Waals surface area contributed by atoms with Crippen LogP contribution in [0.25, 0.3) is 0 Å². The maximum atomic E-state index is 11.8. The lowest BCUT2D eigenvalue weighted by molar-refractivity contribution is 0.252. The van der Waals surface area contributed by atoms with Gasteiger partial charge in [0.15, 0.2) is 11.5 Å². The highest BCUT2D eigenvalue weighted by molar-refractivity contribution is 7.09. The van der Waals surface area contributed by atoms with Crippen LogP contribution in [-0.4, -0.2) is 26.8 Å². The third-order valence-electron chi connectivity index (χ3n) is 2.88. The van der Waals surface area contributed by atoms with Crippen molar-refractivity contribution in [2.45, 2.75) is 6.42 Å². The van der Waals surface area contributed by atoms with Crippen molar-refractivity contribution in [3.63, 3.8) is 0 Å². The van der Waals surface area contributed by atoms with Crippen molar-refractivity contribution >= 4 is 23.1 Å². The van der Waals surface area contributed by atoms with E-state index < -0.39 is 0 Å². The number of nitrogens with one attached hydrogen (secondary N) is 2. The second-order valence-corrected chi connectivity index (χ2v) is 5.31. The second-order valence-electron chi connectivity index (χ2n) is 4.28.